The van der Waals surface area contributed by atoms with Crippen LogP contribution in [0.3, 0.4) is 0 Å². The zero-order chi connectivity index (χ0) is 21.1. The lowest BCUT2D eigenvalue weighted by molar-refractivity contribution is 0.961. The average Bonchev–Trinajstić information content (AvgIpc) is 3.05. The van der Waals surface area contributed by atoms with E-state index in [4.69, 9.17) is 5.10 Å². The maximum absolute atomic E-state index is 4.87. The summed E-state index contributed by atoms with van der Waals surface area (Å²) in [6, 6.07) is 29.3. The van der Waals surface area contributed by atoms with Gasteiger partial charge in [0.2, 0.25) is 0 Å². The molecule has 0 fully saturated rings. The van der Waals surface area contributed by atoms with Crippen molar-refractivity contribution < 1.29 is 0 Å². The van der Waals surface area contributed by atoms with E-state index < -0.39 is 0 Å². The van der Waals surface area contributed by atoms with Crippen LogP contribution in [0.1, 0.15) is 28.1 Å². The van der Waals surface area contributed by atoms with E-state index in [0.29, 0.717) is 0 Å². The zero-order valence-corrected chi connectivity index (χ0v) is 18.0. The van der Waals surface area contributed by atoms with Crippen molar-refractivity contribution in [3.8, 4) is 5.69 Å². The van der Waals surface area contributed by atoms with Crippen molar-refractivity contribution in [2.24, 2.45) is 5.10 Å². The second-order valence-electron chi connectivity index (χ2n) is 7.66. The Bertz CT molecular complexity index is 1130. The Balaban J connectivity index is 1.73. The fourth-order valence-electron chi connectivity index (χ4n) is 3.72. The summed E-state index contributed by atoms with van der Waals surface area (Å²) < 4.78 is 2.29. The summed E-state index contributed by atoms with van der Waals surface area (Å²) in [4.78, 5) is 0. The predicted octanol–water partition coefficient (Wildman–Crippen LogP) is 6.88. The Morgan fingerprint density at radius 1 is 0.700 bits per heavy atom. The second-order valence-corrected chi connectivity index (χ2v) is 7.66. The van der Waals surface area contributed by atoms with Gasteiger partial charge in [-0.15, -0.1) is 0 Å². The third-order valence-electron chi connectivity index (χ3n) is 5.53. The molecule has 0 bridgehead atoms. The molecule has 0 N–H and O–H groups in total. The van der Waals surface area contributed by atoms with Gasteiger partial charge >= 0.3 is 0 Å². The molecule has 30 heavy (non-hydrogen) atoms. The number of hydrogen-bond acceptors (Lipinski definition) is 2. The van der Waals surface area contributed by atoms with Gasteiger partial charge in [0, 0.05) is 22.6 Å². The van der Waals surface area contributed by atoms with Crippen LogP contribution in [0.2, 0.25) is 0 Å². The first-order valence-electron chi connectivity index (χ1n) is 10.3. The average molecular weight is 394 g/mol. The van der Waals surface area contributed by atoms with E-state index in [1.54, 1.807) is 0 Å². The van der Waals surface area contributed by atoms with E-state index in [0.717, 1.165) is 16.9 Å². The minimum absolute atomic E-state index is 1.03. The van der Waals surface area contributed by atoms with Crippen LogP contribution in [0.4, 0.5) is 11.4 Å². The number of benzene rings is 3. The molecule has 0 saturated heterocycles. The molecule has 1 aromatic heterocycles. The third kappa shape index (κ3) is 3.92. The summed E-state index contributed by atoms with van der Waals surface area (Å²) in [5.74, 6) is 0. The first kappa shape index (κ1) is 19.7. The van der Waals surface area contributed by atoms with Gasteiger partial charge < -0.3 is 4.57 Å². The molecule has 0 unspecified atom stereocenters. The van der Waals surface area contributed by atoms with Gasteiger partial charge in [-0.2, -0.15) is 5.10 Å². The number of hydrazone groups is 1. The van der Waals surface area contributed by atoms with Gasteiger partial charge in [-0.1, -0.05) is 42.5 Å². The molecule has 0 radical (unpaired) electrons. The number of hydrogen-bond donors (Lipinski definition) is 0. The van der Waals surface area contributed by atoms with Gasteiger partial charge in [0.25, 0.3) is 0 Å². The number of aromatic nitrogens is 1. The van der Waals surface area contributed by atoms with Gasteiger partial charge in [-0.3, -0.25) is 0 Å². The maximum Gasteiger partial charge on any atom is 0.0652 e. The Hall–Kier alpha value is -3.59. The van der Waals surface area contributed by atoms with E-state index in [1.807, 2.05) is 47.6 Å². The van der Waals surface area contributed by atoms with Crippen LogP contribution in [0.5, 0.6) is 0 Å². The zero-order valence-electron chi connectivity index (χ0n) is 18.0. The Labute approximate surface area is 178 Å². The summed E-state index contributed by atoms with van der Waals surface area (Å²) in [6.07, 6.45) is 1.96. The summed E-state index contributed by atoms with van der Waals surface area (Å²) in [7, 11) is 0. The van der Waals surface area contributed by atoms with E-state index in [-0.39, 0.29) is 0 Å². The molecule has 3 aromatic carbocycles. The van der Waals surface area contributed by atoms with Gasteiger partial charge in [0.05, 0.1) is 17.6 Å². The van der Waals surface area contributed by atoms with Gasteiger partial charge in [-0.05, 0) is 81.3 Å². The molecule has 0 amide bonds. The van der Waals surface area contributed by atoms with Crippen LogP contribution in [0.25, 0.3) is 5.69 Å². The topological polar surface area (TPSA) is 20.5 Å². The maximum atomic E-state index is 4.87. The molecule has 0 aliphatic heterocycles. The highest BCUT2D eigenvalue weighted by Crippen LogP contribution is 2.26. The first-order chi connectivity index (χ1) is 14.5. The molecule has 0 atom stereocenters. The molecule has 3 heteroatoms. The standard InChI is InChI=1S/C27H27N3/c1-20-15-16-27(17-21(20)2)29-22(3)18-24(23(29)4)19-28-30(25-11-7-5-8-12-25)26-13-9-6-10-14-26/h5-19H,1-4H3/b28-19+. The molecule has 0 saturated carbocycles. The van der Waals surface area contributed by atoms with Crippen molar-refractivity contribution in [3.05, 3.63) is 113 Å². The summed E-state index contributed by atoms with van der Waals surface area (Å²) in [5.41, 5.74) is 9.35. The van der Waals surface area contributed by atoms with Crippen LogP contribution >= 0.6 is 0 Å². The number of para-hydroxylation sites is 2. The molecular formula is C27H27N3. The van der Waals surface area contributed by atoms with Crippen LogP contribution in [-0.2, 0) is 0 Å². The smallest absolute Gasteiger partial charge is 0.0652 e. The largest absolute Gasteiger partial charge is 0.318 e. The van der Waals surface area contributed by atoms with Gasteiger partial charge in [-0.25, -0.2) is 5.01 Å². The highest BCUT2D eigenvalue weighted by Gasteiger charge is 2.12. The lowest BCUT2D eigenvalue weighted by Crippen LogP contribution is -2.09. The molecular weight excluding hydrogens is 366 g/mol. The highest BCUT2D eigenvalue weighted by molar-refractivity contribution is 5.84. The Kier molecular flexibility index (Phi) is 5.53. The predicted molar refractivity (Wildman–Crippen MR) is 127 cm³/mol. The summed E-state index contributed by atoms with van der Waals surface area (Å²) in [5, 5.41) is 6.84. The minimum atomic E-state index is 1.03. The summed E-state index contributed by atoms with van der Waals surface area (Å²) >= 11 is 0. The Morgan fingerprint density at radius 3 is 1.87 bits per heavy atom. The lowest BCUT2D eigenvalue weighted by atomic mass is 10.1. The molecule has 3 nitrogen and oxygen atoms in total. The number of aryl methyl sites for hydroxylation is 3. The Morgan fingerprint density at radius 2 is 1.30 bits per heavy atom. The van der Waals surface area contributed by atoms with Crippen molar-refractivity contribution >= 4 is 17.6 Å². The fourth-order valence-corrected chi connectivity index (χ4v) is 3.72. The quantitative estimate of drug-likeness (QED) is 0.267. The molecule has 4 rings (SSSR count). The SMILES string of the molecule is Cc1ccc(-n2c(C)cc(/C=N/N(c3ccccc3)c3ccccc3)c2C)cc1C. The van der Waals surface area contributed by atoms with E-state index in [9.17, 15) is 0 Å². The van der Waals surface area contributed by atoms with Crippen molar-refractivity contribution in [2.75, 3.05) is 5.01 Å². The highest BCUT2D eigenvalue weighted by atomic mass is 15.5. The van der Waals surface area contributed by atoms with Crippen LogP contribution < -0.4 is 5.01 Å². The van der Waals surface area contributed by atoms with Crippen LogP contribution in [0.15, 0.2) is 90.0 Å². The molecule has 0 aliphatic rings. The lowest BCUT2D eigenvalue weighted by Gasteiger charge is -2.19. The second kappa shape index (κ2) is 8.42. The van der Waals surface area contributed by atoms with Crippen molar-refractivity contribution in [1.29, 1.82) is 0 Å². The number of rotatable bonds is 5. The molecule has 0 aliphatic carbocycles. The van der Waals surface area contributed by atoms with Crippen LogP contribution in [-0.4, -0.2) is 10.8 Å². The van der Waals surface area contributed by atoms with Crippen molar-refractivity contribution in [3.63, 3.8) is 0 Å². The molecule has 150 valence electrons. The molecule has 4 aromatic rings. The fraction of sp³-hybridized carbons (Fsp3) is 0.148. The molecule has 1 heterocycles. The number of nitrogens with zero attached hydrogens (tertiary/aromatic N) is 3. The van der Waals surface area contributed by atoms with Crippen molar-refractivity contribution in [1.82, 2.24) is 4.57 Å². The van der Waals surface area contributed by atoms with Crippen molar-refractivity contribution in [2.45, 2.75) is 27.7 Å². The van der Waals surface area contributed by atoms with E-state index >= 15 is 0 Å². The first-order valence-corrected chi connectivity index (χ1v) is 10.3. The third-order valence-corrected chi connectivity index (χ3v) is 5.53. The monoisotopic (exact) mass is 393 g/mol. The molecule has 0 spiro atoms. The van der Waals surface area contributed by atoms with Crippen LogP contribution in [0, 0.1) is 27.7 Å². The van der Waals surface area contributed by atoms with E-state index in [1.165, 1.54) is 28.2 Å². The minimum Gasteiger partial charge on any atom is -0.318 e. The normalized spacial score (nSPS) is 11.2. The summed E-state index contributed by atoms with van der Waals surface area (Å²) in [6.45, 7) is 8.60. The number of anilines is 2. The van der Waals surface area contributed by atoms with Gasteiger partial charge in [0.15, 0.2) is 0 Å². The van der Waals surface area contributed by atoms with Gasteiger partial charge in [0.1, 0.15) is 0 Å². The van der Waals surface area contributed by atoms with E-state index in [2.05, 4.69) is 80.8 Å².